The molecule has 1 aliphatic rings. The molecule has 0 aliphatic heterocycles. The molecule has 120 valence electrons. The highest BCUT2D eigenvalue weighted by molar-refractivity contribution is 14.0. The molecule has 0 spiro atoms. The lowest BCUT2D eigenvalue weighted by Gasteiger charge is -2.27. The third kappa shape index (κ3) is 6.69. The van der Waals surface area contributed by atoms with Gasteiger partial charge in [0.05, 0.1) is 12.4 Å². The minimum absolute atomic E-state index is 0. The van der Waals surface area contributed by atoms with Crippen LogP contribution in [0.3, 0.4) is 0 Å². The molecule has 3 N–H and O–H groups in total. The Balaban J connectivity index is 0.00000220. The van der Waals surface area contributed by atoms with E-state index < -0.39 is 0 Å². The zero-order valence-corrected chi connectivity index (χ0v) is 14.9. The van der Waals surface area contributed by atoms with Gasteiger partial charge in [0.15, 0.2) is 5.96 Å². The van der Waals surface area contributed by atoms with Crippen LogP contribution in [0, 0.1) is 0 Å². The number of guanidine groups is 1. The number of aliphatic hydroxyl groups excluding tert-OH is 1. The van der Waals surface area contributed by atoms with E-state index in [-0.39, 0.29) is 30.1 Å². The van der Waals surface area contributed by atoms with Gasteiger partial charge in [0.1, 0.15) is 5.76 Å². The van der Waals surface area contributed by atoms with Gasteiger partial charge in [0.25, 0.3) is 0 Å². The number of halogens is 1. The van der Waals surface area contributed by atoms with E-state index in [0.717, 1.165) is 50.4 Å². The van der Waals surface area contributed by atoms with Crippen LogP contribution >= 0.6 is 24.0 Å². The average Bonchev–Trinajstić information content (AvgIpc) is 2.95. The summed E-state index contributed by atoms with van der Waals surface area (Å²) >= 11 is 0. The van der Waals surface area contributed by atoms with Crippen LogP contribution in [0.5, 0.6) is 0 Å². The smallest absolute Gasteiger partial charge is 0.191 e. The second kappa shape index (κ2) is 10.0. The molecule has 0 bridgehead atoms. The molecule has 1 aliphatic carbocycles. The van der Waals surface area contributed by atoms with Crippen molar-refractivity contribution >= 4 is 29.9 Å². The molecule has 1 aromatic rings. The second-order valence-corrected chi connectivity index (χ2v) is 5.24. The van der Waals surface area contributed by atoms with Gasteiger partial charge in [-0.15, -0.1) is 24.0 Å². The Kier molecular flexibility index (Phi) is 8.75. The van der Waals surface area contributed by atoms with Crippen molar-refractivity contribution in [1.29, 1.82) is 0 Å². The molecule has 21 heavy (non-hydrogen) atoms. The molecule has 0 atom stereocenters. The number of aliphatic imine (C=N–C) groups is 1. The molecule has 0 amide bonds. The van der Waals surface area contributed by atoms with Crippen LogP contribution in [0.2, 0.25) is 0 Å². The molecule has 0 aromatic carbocycles. The van der Waals surface area contributed by atoms with E-state index in [1.807, 2.05) is 12.1 Å². The van der Waals surface area contributed by atoms with E-state index in [2.05, 4.69) is 22.5 Å². The maximum Gasteiger partial charge on any atom is 0.191 e. The van der Waals surface area contributed by atoms with E-state index in [1.165, 1.54) is 0 Å². The van der Waals surface area contributed by atoms with Gasteiger partial charge in [-0.3, -0.25) is 4.99 Å². The highest BCUT2D eigenvalue weighted by Crippen LogP contribution is 2.18. The first-order chi connectivity index (χ1) is 9.78. The van der Waals surface area contributed by atoms with Gasteiger partial charge in [-0.1, -0.05) is 0 Å². The minimum atomic E-state index is -0.119. The molecule has 6 heteroatoms. The standard InChI is InChI=1S/C15H25N3O2.HI/c1-2-16-15(17-10-9-14-4-3-11-20-14)18-12-5-7-13(19)8-6-12;/h3-4,11-13,19H,2,5-10H2,1H3,(H2,16,17,18);1H. The van der Waals surface area contributed by atoms with Crippen molar-refractivity contribution < 1.29 is 9.52 Å². The van der Waals surface area contributed by atoms with Gasteiger partial charge in [0, 0.05) is 25.6 Å². The van der Waals surface area contributed by atoms with Gasteiger partial charge in [-0.2, -0.15) is 0 Å². The first-order valence-corrected chi connectivity index (χ1v) is 7.53. The van der Waals surface area contributed by atoms with Crippen LogP contribution in [0.15, 0.2) is 27.8 Å². The predicted molar refractivity (Wildman–Crippen MR) is 95.2 cm³/mol. The molecule has 2 rings (SSSR count). The maximum atomic E-state index is 9.53. The summed E-state index contributed by atoms with van der Waals surface area (Å²) in [5.41, 5.74) is 0. The summed E-state index contributed by atoms with van der Waals surface area (Å²) < 4.78 is 5.30. The number of rotatable bonds is 5. The van der Waals surface area contributed by atoms with Crippen LogP contribution < -0.4 is 10.6 Å². The Labute approximate surface area is 143 Å². The SMILES string of the molecule is CCNC(=NCCc1ccco1)NC1CCC(O)CC1.I. The highest BCUT2D eigenvalue weighted by atomic mass is 127. The fourth-order valence-corrected chi connectivity index (χ4v) is 2.47. The third-order valence-corrected chi connectivity index (χ3v) is 3.59. The van der Waals surface area contributed by atoms with E-state index in [1.54, 1.807) is 6.26 Å². The molecular formula is C15H26IN3O2. The highest BCUT2D eigenvalue weighted by Gasteiger charge is 2.19. The van der Waals surface area contributed by atoms with Gasteiger partial charge in [0.2, 0.25) is 0 Å². The van der Waals surface area contributed by atoms with Gasteiger partial charge in [-0.25, -0.2) is 0 Å². The lowest BCUT2D eigenvalue weighted by molar-refractivity contribution is 0.120. The zero-order chi connectivity index (χ0) is 14.2. The fourth-order valence-electron chi connectivity index (χ4n) is 2.47. The summed E-state index contributed by atoms with van der Waals surface area (Å²) in [7, 11) is 0. The molecule has 1 heterocycles. The van der Waals surface area contributed by atoms with Crippen LogP contribution in [0.4, 0.5) is 0 Å². The summed E-state index contributed by atoms with van der Waals surface area (Å²) in [6.45, 7) is 3.62. The van der Waals surface area contributed by atoms with Gasteiger partial charge >= 0.3 is 0 Å². The van der Waals surface area contributed by atoms with E-state index in [0.29, 0.717) is 12.6 Å². The number of aliphatic hydroxyl groups is 1. The first-order valence-electron chi connectivity index (χ1n) is 7.53. The van der Waals surface area contributed by atoms with Crippen LogP contribution in [0.25, 0.3) is 0 Å². The minimum Gasteiger partial charge on any atom is -0.469 e. The number of hydrogen-bond acceptors (Lipinski definition) is 3. The number of nitrogens with zero attached hydrogens (tertiary/aromatic N) is 1. The Morgan fingerprint density at radius 2 is 2.14 bits per heavy atom. The Hall–Kier alpha value is -0.760. The molecule has 5 nitrogen and oxygen atoms in total. The average molecular weight is 407 g/mol. The van der Waals surface area contributed by atoms with Crippen molar-refractivity contribution in [3.63, 3.8) is 0 Å². The monoisotopic (exact) mass is 407 g/mol. The van der Waals surface area contributed by atoms with E-state index >= 15 is 0 Å². The summed E-state index contributed by atoms with van der Waals surface area (Å²) in [4.78, 5) is 4.57. The second-order valence-electron chi connectivity index (χ2n) is 5.24. The quantitative estimate of drug-likeness (QED) is 0.398. The van der Waals surface area contributed by atoms with Crippen molar-refractivity contribution in [2.24, 2.45) is 4.99 Å². The summed E-state index contributed by atoms with van der Waals surface area (Å²) in [5, 5.41) is 16.2. The number of furan rings is 1. The normalized spacial score (nSPS) is 22.5. The van der Waals surface area contributed by atoms with Gasteiger partial charge in [-0.05, 0) is 44.7 Å². The van der Waals surface area contributed by atoms with Crippen LogP contribution in [-0.4, -0.2) is 36.3 Å². The topological polar surface area (TPSA) is 69.8 Å². The maximum absolute atomic E-state index is 9.53. The van der Waals surface area contributed by atoms with Crippen molar-refractivity contribution in [2.75, 3.05) is 13.1 Å². The van der Waals surface area contributed by atoms with E-state index in [9.17, 15) is 5.11 Å². The zero-order valence-electron chi connectivity index (χ0n) is 12.5. The summed E-state index contributed by atoms with van der Waals surface area (Å²) in [6.07, 6.45) is 6.15. The third-order valence-electron chi connectivity index (χ3n) is 3.59. The summed E-state index contributed by atoms with van der Waals surface area (Å²) in [5.74, 6) is 1.82. The number of hydrogen-bond donors (Lipinski definition) is 3. The largest absolute Gasteiger partial charge is 0.469 e. The predicted octanol–water partition coefficient (Wildman–Crippen LogP) is 2.30. The molecule has 1 saturated carbocycles. The summed E-state index contributed by atoms with van der Waals surface area (Å²) in [6, 6.07) is 4.29. The molecule has 1 aromatic heterocycles. The molecule has 1 fully saturated rings. The Morgan fingerprint density at radius 1 is 1.38 bits per heavy atom. The molecule has 0 radical (unpaired) electrons. The van der Waals surface area contributed by atoms with Crippen molar-refractivity contribution in [1.82, 2.24) is 10.6 Å². The lowest BCUT2D eigenvalue weighted by Crippen LogP contribution is -2.45. The Bertz CT molecular complexity index is 401. The van der Waals surface area contributed by atoms with E-state index in [4.69, 9.17) is 4.42 Å². The Morgan fingerprint density at radius 3 is 2.76 bits per heavy atom. The molecule has 0 unspecified atom stereocenters. The van der Waals surface area contributed by atoms with Gasteiger partial charge < -0.3 is 20.2 Å². The number of nitrogens with one attached hydrogen (secondary N) is 2. The first kappa shape index (κ1) is 18.3. The van der Waals surface area contributed by atoms with Crippen molar-refractivity contribution in [3.8, 4) is 0 Å². The molecule has 0 saturated heterocycles. The fraction of sp³-hybridized carbons (Fsp3) is 0.667. The van der Waals surface area contributed by atoms with Crippen molar-refractivity contribution in [2.45, 2.75) is 51.2 Å². The lowest BCUT2D eigenvalue weighted by atomic mass is 9.93. The molecular weight excluding hydrogens is 381 g/mol. The van der Waals surface area contributed by atoms with Crippen LogP contribution in [-0.2, 0) is 6.42 Å². The van der Waals surface area contributed by atoms with Crippen LogP contribution in [0.1, 0.15) is 38.4 Å². The van der Waals surface area contributed by atoms with Crippen molar-refractivity contribution in [3.05, 3.63) is 24.2 Å².